The molecule has 2 unspecified atom stereocenters. The van der Waals surface area contributed by atoms with Crippen LogP contribution in [0, 0.1) is 0 Å². The van der Waals surface area contributed by atoms with Crippen LogP contribution in [0.1, 0.15) is 12.8 Å². The molecular formula is C6H14O7PS2+. The number of hydrogen-bond acceptors (Lipinski definition) is 5. The summed E-state index contributed by atoms with van der Waals surface area (Å²) < 4.78 is 57.6. The fourth-order valence-electron chi connectivity index (χ4n) is 0.680. The van der Waals surface area contributed by atoms with Crippen molar-refractivity contribution in [2.75, 3.05) is 24.7 Å². The molecule has 16 heavy (non-hydrogen) atoms. The van der Waals surface area contributed by atoms with E-state index in [-0.39, 0.29) is 24.7 Å². The Hall–Kier alpha value is 0.240. The lowest BCUT2D eigenvalue weighted by Crippen LogP contribution is -2.01. The molecule has 0 aromatic rings. The summed E-state index contributed by atoms with van der Waals surface area (Å²) in [6, 6.07) is 0. The summed E-state index contributed by atoms with van der Waals surface area (Å²) in [5.74, 6) is 0.124. The normalized spacial score (nSPS) is 15.8. The van der Waals surface area contributed by atoms with Crippen LogP contribution in [0.5, 0.6) is 0 Å². The summed E-state index contributed by atoms with van der Waals surface area (Å²) in [5.41, 5.74) is 0. The highest BCUT2D eigenvalue weighted by atomic mass is 32.2. The van der Waals surface area contributed by atoms with Crippen molar-refractivity contribution in [3.05, 3.63) is 0 Å². The molecular weight excluding hydrogens is 279 g/mol. The monoisotopic (exact) mass is 293 g/mol. The fourth-order valence-corrected chi connectivity index (χ4v) is 2.04. The smallest absolute Gasteiger partial charge is 0.306 e. The lowest BCUT2D eigenvalue weighted by molar-refractivity contribution is 0.226. The lowest BCUT2D eigenvalue weighted by atomic mass is 10.5. The Bertz CT molecular complexity index is 235. The van der Waals surface area contributed by atoms with Gasteiger partial charge in [0.25, 0.3) is 0 Å². The molecule has 0 saturated heterocycles. The van der Waals surface area contributed by atoms with Gasteiger partial charge in [-0.2, -0.15) is 0 Å². The predicted molar refractivity (Wildman–Crippen MR) is 60.0 cm³/mol. The molecule has 0 spiro atoms. The molecule has 0 heterocycles. The van der Waals surface area contributed by atoms with Crippen molar-refractivity contribution in [3.8, 4) is 0 Å². The summed E-state index contributed by atoms with van der Waals surface area (Å²) in [7, 11) is -2.25. The fraction of sp³-hybridized carbons (Fsp3) is 1.00. The summed E-state index contributed by atoms with van der Waals surface area (Å²) in [6.45, 7) is 0.154. The van der Waals surface area contributed by atoms with Crippen molar-refractivity contribution < 1.29 is 31.1 Å². The maximum Gasteiger partial charge on any atom is 0.697 e. The van der Waals surface area contributed by atoms with E-state index in [1.807, 2.05) is 0 Å². The van der Waals surface area contributed by atoms with Crippen LogP contribution >= 0.6 is 8.25 Å². The van der Waals surface area contributed by atoms with Gasteiger partial charge in [0.1, 0.15) is 13.2 Å². The van der Waals surface area contributed by atoms with Crippen molar-refractivity contribution in [3.63, 3.8) is 0 Å². The zero-order valence-electron chi connectivity index (χ0n) is 8.44. The van der Waals surface area contributed by atoms with Crippen molar-refractivity contribution in [1.82, 2.24) is 0 Å². The van der Waals surface area contributed by atoms with Crippen LogP contribution in [-0.2, 0) is 35.8 Å². The van der Waals surface area contributed by atoms with Crippen molar-refractivity contribution >= 4 is 30.4 Å². The van der Waals surface area contributed by atoms with Gasteiger partial charge in [0.2, 0.25) is 0 Å². The first-order chi connectivity index (χ1) is 7.52. The predicted octanol–water partition coefficient (Wildman–Crippen LogP) is 0.901. The lowest BCUT2D eigenvalue weighted by Gasteiger charge is -1.92. The maximum atomic E-state index is 11.0. The Morgan fingerprint density at radius 3 is 1.62 bits per heavy atom. The quantitative estimate of drug-likeness (QED) is 0.350. The standard InChI is InChI=1S/C6H13O7PS2/c7-14(12-3-1-5-15(8)9)13-4-2-6-16(10)11/h1-6H2,(H-,8,9,10,11)/p+1. The molecule has 0 aliphatic carbocycles. The van der Waals surface area contributed by atoms with Gasteiger partial charge in [-0.3, -0.25) is 0 Å². The molecule has 0 fully saturated rings. The van der Waals surface area contributed by atoms with Crippen LogP contribution in [0.3, 0.4) is 0 Å². The van der Waals surface area contributed by atoms with Gasteiger partial charge in [-0.25, -0.2) is 8.42 Å². The van der Waals surface area contributed by atoms with Crippen LogP contribution < -0.4 is 0 Å². The highest BCUT2D eigenvalue weighted by Gasteiger charge is 2.19. The average Bonchev–Trinajstić information content (AvgIpc) is 2.19. The Balaban J connectivity index is 3.31. The molecule has 0 aromatic carbocycles. The molecule has 10 heteroatoms. The molecule has 0 aliphatic rings. The third-order valence-corrected chi connectivity index (χ3v) is 3.38. The van der Waals surface area contributed by atoms with Crippen molar-refractivity contribution in [1.29, 1.82) is 0 Å². The molecule has 7 nitrogen and oxygen atoms in total. The van der Waals surface area contributed by atoms with E-state index < -0.39 is 30.4 Å². The Kier molecular flexibility index (Phi) is 10.6. The van der Waals surface area contributed by atoms with Gasteiger partial charge in [0.15, 0.2) is 22.2 Å². The Labute approximate surface area is 99.4 Å². The van der Waals surface area contributed by atoms with Crippen molar-refractivity contribution in [2.24, 2.45) is 0 Å². The molecule has 0 bridgehead atoms. The van der Waals surface area contributed by atoms with E-state index in [2.05, 4.69) is 0 Å². The van der Waals surface area contributed by atoms with Gasteiger partial charge in [0.05, 0.1) is 11.5 Å². The third-order valence-electron chi connectivity index (χ3n) is 1.32. The molecule has 2 atom stereocenters. The second-order valence-electron chi connectivity index (χ2n) is 2.65. The highest BCUT2D eigenvalue weighted by Crippen LogP contribution is 2.23. The largest absolute Gasteiger partial charge is 0.697 e. The molecule has 2 N–H and O–H groups in total. The molecule has 0 amide bonds. The van der Waals surface area contributed by atoms with Crippen LogP contribution in [0.2, 0.25) is 0 Å². The van der Waals surface area contributed by atoms with E-state index in [1.165, 1.54) is 0 Å². The van der Waals surface area contributed by atoms with E-state index in [0.29, 0.717) is 12.8 Å². The zero-order valence-corrected chi connectivity index (χ0v) is 11.0. The molecule has 0 radical (unpaired) electrons. The molecule has 0 saturated carbocycles. The van der Waals surface area contributed by atoms with E-state index in [1.54, 1.807) is 0 Å². The van der Waals surface area contributed by atoms with Gasteiger partial charge < -0.3 is 9.11 Å². The van der Waals surface area contributed by atoms with Gasteiger partial charge in [-0.1, -0.05) is 0 Å². The minimum atomic E-state index is -2.25. The maximum absolute atomic E-state index is 11.0. The first kappa shape index (κ1) is 16.2. The van der Waals surface area contributed by atoms with Gasteiger partial charge >= 0.3 is 8.25 Å². The third kappa shape index (κ3) is 12.3. The minimum absolute atomic E-state index is 0.0622. The van der Waals surface area contributed by atoms with Crippen LogP contribution in [0.15, 0.2) is 0 Å². The summed E-state index contributed by atoms with van der Waals surface area (Å²) in [4.78, 5) is 0. The summed E-state index contributed by atoms with van der Waals surface area (Å²) in [5, 5.41) is 0. The van der Waals surface area contributed by atoms with Gasteiger partial charge in [-0.15, -0.1) is 9.05 Å². The van der Waals surface area contributed by atoms with Crippen LogP contribution in [0.25, 0.3) is 0 Å². The Morgan fingerprint density at radius 1 is 0.938 bits per heavy atom. The number of hydrogen-bond donors (Lipinski definition) is 2. The highest BCUT2D eigenvalue weighted by molar-refractivity contribution is 7.79. The molecule has 96 valence electrons. The van der Waals surface area contributed by atoms with Crippen LogP contribution in [0.4, 0.5) is 0 Å². The molecule has 0 aliphatic heterocycles. The second-order valence-corrected chi connectivity index (χ2v) is 5.71. The van der Waals surface area contributed by atoms with E-state index in [9.17, 15) is 13.0 Å². The van der Waals surface area contributed by atoms with Gasteiger partial charge in [0, 0.05) is 4.57 Å². The average molecular weight is 293 g/mol. The minimum Gasteiger partial charge on any atom is -0.306 e. The topological polar surface area (TPSA) is 110 Å². The first-order valence-electron chi connectivity index (χ1n) is 4.40. The zero-order chi connectivity index (χ0) is 12.4. The summed E-state index contributed by atoms with van der Waals surface area (Å²) >= 11 is -3.74. The summed E-state index contributed by atoms with van der Waals surface area (Å²) in [6.07, 6.45) is 0.627. The Morgan fingerprint density at radius 2 is 1.31 bits per heavy atom. The van der Waals surface area contributed by atoms with E-state index in [0.717, 1.165) is 0 Å². The van der Waals surface area contributed by atoms with E-state index >= 15 is 0 Å². The van der Waals surface area contributed by atoms with Gasteiger partial charge in [-0.05, 0) is 12.8 Å². The molecule has 0 aromatic heterocycles. The number of rotatable bonds is 10. The second kappa shape index (κ2) is 10.4. The van der Waals surface area contributed by atoms with Crippen molar-refractivity contribution in [2.45, 2.75) is 12.8 Å². The molecule has 0 rings (SSSR count). The first-order valence-corrected chi connectivity index (χ1v) is 8.05. The SMILES string of the molecule is O=[P+](OCCCS(=O)O)OCCCS(=O)O. The van der Waals surface area contributed by atoms with Crippen LogP contribution in [-0.4, -0.2) is 42.2 Å². The van der Waals surface area contributed by atoms with E-state index in [4.69, 9.17) is 18.2 Å².